The number of carbonyl (C=O) groups excluding carboxylic acids is 3. The predicted molar refractivity (Wildman–Crippen MR) is 92.8 cm³/mol. The fraction of sp³-hybridized carbons (Fsp3) is 0.500. The summed E-state index contributed by atoms with van der Waals surface area (Å²) in [5.74, 6) is -1.45. The third-order valence-electron chi connectivity index (χ3n) is 3.57. The van der Waals surface area contributed by atoms with Crippen molar-refractivity contribution in [1.82, 2.24) is 0 Å². The zero-order valence-electron chi connectivity index (χ0n) is 14.9. The molecule has 1 aliphatic heterocycles. The molecular weight excluding hydrogens is 407 g/mol. The van der Waals surface area contributed by atoms with Gasteiger partial charge < -0.3 is 0 Å². The van der Waals surface area contributed by atoms with E-state index in [0.29, 0.717) is 6.42 Å². The number of ether oxygens (including phenoxy) is 4. The van der Waals surface area contributed by atoms with E-state index in [1.807, 2.05) is 30.3 Å². The number of esters is 3. The van der Waals surface area contributed by atoms with Crippen LogP contribution in [0.1, 0.15) is 27.2 Å². The number of benzene rings is 1. The number of hydrogen-bond acceptors (Lipinski definition) is 7. The van der Waals surface area contributed by atoms with Gasteiger partial charge >= 0.3 is 158 Å². The average molecular weight is 429 g/mol. The molecule has 0 N–H and O–H groups in total. The van der Waals surface area contributed by atoms with E-state index in [9.17, 15) is 14.4 Å². The number of hydrogen-bond donors (Lipinski definition) is 0. The first-order chi connectivity index (χ1) is 12.3. The molecule has 142 valence electrons. The summed E-state index contributed by atoms with van der Waals surface area (Å²) >= 11 is -0.0463. The summed E-state index contributed by atoms with van der Waals surface area (Å²) in [5.41, 5.74) is 0. The van der Waals surface area contributed by atoms with Crippen LogP contribution in [0.5, 0.6) is 0 Å². The van der Waals surface area contributed by atoms with Crippen molar-refractivity contribution in [3.63, 3.8) is 0 Å². The Morgan fingerprint density at radius 3 is 2.27 bits per heavy atom. The molecule has 1 aromatic rings. The summed E-state index contributed by atoms with van der Waals surface area (Å²) in [7, 11) is 0. The Hall–Kier alpha value is -1.89. The third-order valence-corrected chi connectivity index (χ3v) is 5.90. The molecule has 2 rings (SSSR count). The SMILES string of the molecule is CC(=O)OC[C@H]1O[C@@H]([Se]c2ccccc2)C[C@@H](OC(C)=O)[C@@H]1OC(C)=O. The molecule has 0 bridgehead atoms. The molecule has 0 aliphatic carbocycles. The summed E-state index contributed by atoms with van der Waals surface area (Å²) < 4.78 is 22.9. The summed E-state index contributed by atoms with van der Waals surface area (Å²) in [6.07, 6.45) is -1.76. The van der Waals surface area contributed by atoms with Gasteiger partial charge in [0.2, 0.25) is 0 Å². The quantitative estimate of drug-likeness (QED) is 0.371. The second kappa shape index (κ2) is 9.71. The molecule has 0 spiro atoms. The van der Waals surface area contributed by atoms with E-state index in [-0.39, 0.29) is 26.6 Å². The van der Waals surface area contributed by atoms with Crippen molar-refractivity contribution < 1.29 is 33.3 Å². The monoisotopic (exact) mass is 430 g/mol. The first kappa shape index (κ1) is 20.4. The molecule has 0 aromatic heterocycles. The van der Waals surface area contributed by atoms with Crippen LogP contribution in [0.2, 0.25) is 0 Å². The van der Waals surface area contributed by atoms with E-state index in [4.69, 9.17) is 18.9 Å². The molecule has 1 fully saturated rings. The van der Waals surface area contributed by atoms with Gasteiger partial charge in [0.15, 0.2) is 0 Å². The van der Waals surface area contributed by atoms with Crippen LogP contribution in [0.3, 0.4) is 0 Å². The van der Waals surface area contributed by atoms with E-state index in [1.54, 1.807) is 0 Å². The standard InChI is InChI=1S/C18H22O7Se/c1-11(19)22-10-16-18(24-13(3)21)15(23-12(2)20)9-17(25-16)26-14-7-5-4-6-8-14/h4-8,15-18H,9-10H2,1-3H3/t15-,16-,17+,18+/m1/s1. The first-order valence-electron chi connectivity index (χ1n) is 8.20. The minimum absolute atomic E-state index is 0.0463. The molecule has 0 amide bonds. The van der Waals surface area contributed by atoms with Gasteiger partial charge in [0, 0.05) is 0 Å². The van der Waals surface area contributed by atoms with E-state index in [1.165, 1.54) is 20.8 Å². The van der Waals surface area contributed by atoms with Crippen LogP contribution in [0.25, 0.3) is 0 Å². The molecule has 1 aliphatic rings. The molecule has 8 heteroatoms. The van der Waals surface area contributed by atoms with Gasteiger partial charge in [-0.15, -0.1) is 0 Å². The maximum absolute atomic E-state index is 11.5. The molecule has 4 atom stereocenters. The summed E-state index contributed by atoms with van der Waals surface area (Å²) in [4.78, 5) is 34.2. The zero-order valence-corrected chi connectivity index (χ0v) is 16.6. The second-order valence-corrected chi connectivity index (χ2v) is 8.38. The Morgan fingerprint density at radius 2 is 1.69 bits per heavy atom. The van der Waals surface area contributed by atoms with Gasteiger partial charge in [-0.25, -0.2) is 0 Å². The van der Waals surface area contributed by atoms with Crippen LogP contribution < -0.4 is 4.46 Å². The average Bonchev–Trinajstić information content (AvgIpc) is 2.55. The second-order valence-electron chi connectivity index (χ2n) is 5.80. The van der Waals surface area contributed by atoms with E-state index < -0.39 is 36.2 Å². The molecule has 26 heavy (non-hydrogen) atoms. The maximum atomic E-state index is 11.5. The molecule has 1 heterocycles. The molecule has 0 saturated carbocycles. The normalized spacial score (nSPS) is 25.2. The summed E-state index contributed by atoms with van der Waals surface area (Å²) in [6, 6.07) is 9.83. The van der Waals surface area contributed by atoms with Gasteiger partial charge in [0.05, 0.1) is 0 Å². The Bertz CT molecular complexity index is 634. The van der Waals surface area contributed by atoms with Crippen LogP contribution in [0, 0.1) is 0 Å². The Labute approximate surface area is 158 Å². The van der Waals surface area contributed by atoms with Crippen molar-refractivity contribution in [3.8, 4) is 0 Å². The van der Waals surface area contributed by atoms with Crippen molar-refractivity contribution >= 4 is 37.3 Å². The first-order valence-corrected chi connectivity index (χ1v) is 10.0. The summed E-state index contributed by atoms with van der Waals surface area (Å²) in [6.45, 7) is 3.79. The molecule has 0 radical (unpaired) electrons. The van der Waals surface area contributed by atoms with Gasteiger partial charge in [-0.3, -0.25) is 0 Å². The van der Waals surface area contributed by atoms with Crippen LogP contribution in [0.15, 0.2) is 30.3 Å². The molecule has 1 aromatic carbocycles. The van der Waals surface area contributed by atoms with Crippen molar-refractivity contribution in [1.29, 1.82) is 0 Å². The summed E-state index contributed by atoms with van der Waals surface area (Å²) in [5, 5.41) is -0.207. The fourth-order valence-electron chi connectivity index (χ4n) is 2.62. The predicted octanol–water partition coefficient (Wildman–Crippen LogP) is 0.558. The van der Waals surface area contributed by atoms with Gasteiger partial charge in [-0.2, -0.15) is 0 Å². The minimum atomic E-state index is -0.821. The van der Waals surface area contributed by atoms with E-state index in [2.05, 4.69) is 0 Å². The Kier molecular flexibility index (Phi) is 7.63. The van der Waals surface area contributed by atoms with E-state index in [0.717, 1.165) is 4.46 Å². The van der Waals surface area contributed by atoms with Gasteiger partial charge in [0.1, 0.15) is 0 Å². The fourth-order valence-corrected chi connectivity index (χ4v) is 4.94. The number of rotatable bonds is 6. The van der Waals surface area contributed by atoms with Crippen molar-refractivity contribution in [2.45, 2.75) is 50.5 Å². The Balaban J connectivity index is 2.18. The zero-order chi connectivity index (χ0) is 19.1. The van der Waals surface area contributed by atoms with Crippen molar-refractivity contribution in [2.24, 2.45) is 0 Å². The topological polar surface area (TPSA) is 88.1 Å². The van der Waals surface area contributed by atoms with E-state index >= 15 is 0 Å². The van der Waals surface area contributed by atoms with Crippen LogP contribution in [-0.2, 0) is 33.3 Å². The van der Waals surface area contributed by atoms with Gasteiger partial charge in [-0.05, 0) is 0 Å². The van der Waals surface area contributed by atoms with Gasteiger partial charge in [0.25, 0.3) is 0 Å². The van der Waals surface area contributed by atoms with Crippen LogP contribution in [0.4, 0.5) is 0 Å². The number of carbonyl (C=O) groups is 3. The molecule has 0 unspecified atom stereocenters. The van der Waals surface area contributed by atoms with Gasteiger partial charge in [-0.1, -0.05) is 0 Å². The van der Waals surface area contributed by atoms with Crippen LogP contribution in [-0.4, -0.2) is 62.8 Å². The molecular formula is C18H22O7Se. The van der Waals surface area contributed by atoms with Crippen molar-refractivity contribution in [2.75, 3.05) is 6.61 Å². The third kappa shape index (κ3) is 6.44. The Morgan fingerprint density at radius 1 is 1.04 bits per heavy atom. The molecule has 1 saturated heterocycles. The van der Waals surface area contributed by atoms with Crippen molar-refractivity contribution in [3.05, 3.63) is 30.3 Å². The molecule has 7 nitrogen and oxygen atoms in total. The van der Waals surface area contributed by atoms with Crippen LogP contribution >= 0.6 is 0 Å².